The third-order valence-electron chi connectivity index (χ3n) is 0.732. The Morgan fingerprint density at radius 3 is 1.88 bits per heavy atom. The molecule has 0 aromatic heterocycles. The number of rotatable bonds is 2. The van der Waals surface area contributed by atoms with Crippen molar-refractivity contribution in [3.8, 4) is 0 Å². The van der Waals surface area contributed by atoms with Gasteiger partial charge in [0.15, 0.2) is 0 Å². The molecule has 0 heterocycles. The Morgan fingerprint density at radius 2 is 1.75 bits per heavy atom. The van der Waals surface area contributed by atoms with Gasteiger partial charge in [-0.2, -0.15) is 0 Å². The highest BCUT2D eigenvalue weighted by Gasteiger charge is 2.04. The van der Waals surface area contributed by atoms with E-state index in [1.165, 1.54) is 0 Å². The van der Waals surface area contributed by atoms with Crippen molar-refractivity contribution >= 4 is 8.07 Å². The lowest BCUT2D eigenvalue weighted by Gasteiger charge is -2.06. The zero-order chi connectivity index (χ0) is 6.62. The molecule has 1 heteroatoms. The molecule has 0 bridgehead atoms. The van der Waals surface area contributed by atoms with Crippen molar-refractivity contribution in [1.82, 2.24) is 0 Å². The van der Waals surface area contributed by atoms with E-state index in [0.29, 0.717) is 0 Å². The highest BCUT2D eigenvalue weighted by molar-refractivity contribution is 6.80. The Bertz CT molecular complexity index is 95.4. The van der Waals surface area contributed by atoms with E-state index in [1.54, 1.807) is 0 Å². The van der Waals surface area contributed by atoms with Gasteiger partial charge in [-0.15, -0.1) is 0 Å². The fraction of sp³-hybridized carbons (Fsp3) is 0.429. The van der Waals surface area contributed by atoms with Gasteiger partial charge in [0.25, 0.3) is 0 Å². The Balaban J connectivity index is 3.69. The number of hydrogen-bond acceptors (Lipinski definition) is 0. The Morgan fingerprint density at radius 1 is 1.25 bits per heavy atom. The molecule has 0 aliphatic heterocycles. The lowest BCUT2D eigenvalue weighted by atomic mass is 10.6. The fourth-order valence-corrected chi connectivity index (χ4v) is 1.07. The molecule has 0 saturated carbocycles. The van der Waals surface area contributed by atoms with E-state index in [2.05, 4.69) is 31.9 Å². The van der Waals surface area contributed by atoms with Crippen LogP contribution in [0, 0.1) is 0 Å². The first kappa shape index (κ1) is 7.70. The summed E-state index contributed by atoms with van der Waals surface area (Å²) in [6, 6.07) is 0. The van der Waals surface area contributed by atoms with Crippen LogP contribution in [0.25, 0.3) is 0 Å². The van der Waals surface area contributed by atoms with Crippen molar-refractivity contribution < 1.29 is 0 Å². The van der Waals surface area contributed by atoms with E-state index in [9.17, 15) is 0 Å². The molecule has 0 N–H and O–H groups in total. The van der Waals surface area contributed by atoms with Crippen LogP contribution in [0.15, 0.2) is 24.4 Å². The van der Waals surface area contributed by atoms with E-state index in [1.807, 2.05) is 12.2 Å². The third kappa shape index (κ3) is 5.70. The molecule has 0 amide bonds. The quantitative estimate of drug-likeness (QED) is 0.394. The molecular weight excluding hydrogens is 112 g/mol. The van der Waals surface area contributed by atoms with Crippen molar-refractivity contribution in [2.45, 2.75) is 19.6 Å². The van der Waals surface area contributed by atoms with Crippen LogP contribution in [-0.2, 0) is 0 Å². The summed E-state index contributed by atoms with van der Waals surface area (Å²) in [5, 5.41) is 0. The highest BCUT2D eigenvalue weighted by atomic mass is 28.3. The second-order valence-corrected chi connectivity index (χ2v) is 8.03. The van der Waals surface area contributed by atoms with Crippen LogP contribution in [0.4, 0.5) is 0 Å². The Kier molecular flexibility index (Phi) is 2.76. The van der Waals surface area contributed by atoms with Gasteiger partial charge in [-0.05, 0) is 0 Å². The van der Waals surface area contributed by atoms with Crippen LogP contribution >= 0.6 is 0 Å². The van der Waals surface area contributed by atoms with Crippen LogP contribution in [0.1, 0.15) is 0 Å². The summed E-state index contributed by atoms with van der Waals surface area (Å²) in [7, 11) is -0.930. The summed E-state index contributed by atoms with van der Waals surface area (Å²) in [4.78, 5) is 0. The first-order chi connectivity index (χ1) is 3.56. The Labute approximate surface area is 52.9 Å². The molecule has 0 saturated heterocycles. The van der Waals surface area contributed by atoms with Crippen molar-refractivity contribution in [3.05, 3.63) is 24.4 Å². The molecule has 0 atom stereocenters. The first-order valence-electron chi connectivity index (χ1n) is 2.86. The number of allylic oxidation sites excluding steroid dienone is 2. The molecular formula is C7H14Si. The Hall–Kier alpha value is -0.303. The first-order valence-corrected chi connectivity index (χ1v) is 6.44. The van der Waals surface area contributed by atoms with Crippen molar-refractivity contribution in [2.24, 2.45) is 0 Å². The topological polar surface area (TPSA) is 0 Å². The molecule has 0 aliphatic rings. The largest absolute Gasteiger partial charge is 0.0991 e. The van der Waals surface area contributed by atoms with E-state index in [-0.39, 0.29) is 0 Å². The molecule has 0 rings (SSSR count). The van der Waals surface area contributed by atoms with Crippen molar-refractivity contribution in [1.29, 1.82) is 0 Å². The van der Waals surface area contributed by atoms with Crippen molar-refractivity contribution in [2.75, 3.05) is 0 Å². The maximum atomic E-state index is 3.60. The molecule has 0 nitrogen and oxygen atoms in total. The summed E-state index contributed by atoms with van der Waals surface area (Å²) in [6.45, 7) is 10.5. The minimum atomic E-state index is -0.930. The normalized spacial score (nSPS) is 12.4. The van der Waals surface area contributed by atoms with Gasteiger partial charge >= 0.3 is 0 Å². The zero-order valence-electron chi connectivity index (χ0n) is 5.94. The molecule has 0 aromatic rings. The number of hydrogen-bond donors (Lipinski definition) is 0. The molecule has 46 valence electrons. The van der Waals surface area contributed by atoms with Gasteiger partial charge in [-0.3, -0.25) is 0 Å². The minimum Gasteiger partial charge on any atom is -0.0991 e. The van der Waals surface area contributed by atoms with Gasteiger partial charge in [0.2, 0.25) is 0 Å². The molecule has 8 heavy (non-hydrogen) atoms. The van der Waals surface area contributed by atoms with Crippen LogP contribution in [-0.4, -0.2) is 8.07 Å². The lowest BCUT2D eigenvalue weighted by molar-refractivity contribution is 1.76. The molecule has 0 fully saturated rings. The van der Waals surface area contributed by atoms with Gasteiger partial charge in [0.1, 0.15) is 0 Å². The van der Waals surface area contributed by atoms with E-state index >= 15 is 0 Å². The highest BCUT2D eigenvalue weighted by Crippen LogP contribution is 2.00. The zero-order valence-corrected chi connectivity index (χ0v) is 6.94. The van der Waals surface area contributed by atoms with Gasteiger partial charge in [0.05, 0.1) is 8.07 Å². The SMILES string of the molecule is C=CC=C[Si](C)(C)C. The van der Waals surface area contributed by atoms with Gasteiger partial charge in [-0.1, -0.05) is 44.1 Å². The standard InChI is InChI=1S/C7H14Si/c1-5-6-7-8(2,3)4/h5-7H,1H2,2-4H3. The molecule has 0 aromatic carbocycles. The average Bonchev–Trinajstić information content (AvgIpc) is 1.59. The second kappa shape index (κ2) is 2.87. The molecule has 0 radical (unpaired) electrons. The van der Waals surface area contributed by atoms with Crippen LogP contribution in [0.2, 0.25) is 19.6 Å². The van der Waals surface area contributed by atoms with Gasteiger partial charge in [0, 0.05) is 0 Å². The lowest BCUT2D eigenvalue weighted by Crippen LogP contribution is -2.14. The van der Waals surface area contributed by atoms with Gasteiger partial charge < -0.3 is 0 Å². The van der Waals surface area contributed by atoms with E-state index in [4.69, 9.17) is 0 Å². The third-order valence-corrected chi connectivity index (χ3v) is 1.92. The van der Waals surface area contributed by atoms with Crippen LogP contribution in [0.5, 0.6) is 0 Å². The summed E-state index contributed by atoms with van der Waals surface area (Å²) in [5.41, 5.74) is 2.26. The van der Waals surface area contributed by atoms with Crippen molar-refractivity contribution in [3.63, 3.8) is 0 Å². The van der Waals surface area contributed by atoms with Crippen LogP contribution in [0.3, 0.4) is 0 Å². The summed E-state index contributed by atoms with van der Waals surface area (Å²) >= 11 is 0. The summed E-state index contributed by atoms with van der Waals surface area (Å²) in [5.74, 6) is 0. The second-order valence-electron chi connectivity index (χ2n) is 2.96. The summed E-state index contributed by atoms with van der Waals surface area (Å²) < 4.78 is 0. The molecule has 0 spiro atoms. The van der Waals surface area contributed by atoms with E-state index in [0.717, 1.165) is 0 Å². The fourth-order valence-electron chi connectivity index (χ4n) is 0.357. The maximum absolute atomic E-state index is 3.60. The monoisotopic (exact) mass is 126 g/mol. The molecule has 0 aliphatic carbocycles. The van der Waals surface area contributed by atoms with E-state index < -0.39 is 8.07 Å². The average molecular weight is 126 g/mol. The minimum absolute atomic E-state index is 0.930. The predicted octanol–water partition coefficient (Wildman–Crippen LogP) is 2.61. The molecule has 0 unspecified atom stereocenters. The smallest absolute Gasteiger partial charge is 0.0686 e. The van der Waals surface area contributed by atoms with Gasteiger partial charge in [-0.25, -0.2) is 0 Å². The summed E-state index contributed by atoms with van der Waals surface area (Å²) in [6.07, 6.45) is 3.87. The van der Waals surface area contributed by atoms with Crippen LogP contribution < -0.4 is 0 Å². The predicted molar refractivity (Wildman–Crippen MR) is 42.7 cm³/mol. The maximum Gasteiger partial charge on any atom is 0.0686 e.